The number of benzene rings is 2. The summed E-state index contributed by atoms with van der Waals surface area (Å²) in [5.41, 5.74) is 3.05. The normalized spacial score (nSPS) is 12.1. The summed E-state index contributed by atoms with van der Waals surface area (Å²) in [6, 6.07) is 13.3. The first-order valence-electron chi connectivity index (χ1n) is 6.59. The summed E-state index contributed by atoms with van der Waals surface area (Å²) in [5, 5.41) is 13.7. The van der Waals surface area contributed by atoms with Crippen LogP contribution in [0.4, 0.5) is 0 Å². The lowest BCUT2D eigenvalue weighted by Crippen LogP contribution is -2.33. The Labute approximate surface area is 133 Å². The molecular formula is C16H15ClN2O3. The molecule has 0 fully saturated rings. The summed E-state index contributed by atoms with van der Waals surface area (Å²) in [6.45, 7) is 1.61. The number of hydrazone groups is 1. The summed E-state index contributed by atoms with van der Waals surface area (Å²) in [4.78, 5) is 11.9. The smallest absolute Gasteiger partial charge is 0.280 e. The number of nitrogens with zero attached hydrogens (tertiary/aromatic N) is 1. The number of carbonyl (C=O) groups excluding carboxylic acids is 1. The maximum absolute atomic E-state index is 11.9. The van der Waals surface area contributed by atoms with Crippen LogP contribution in [0.5, 0.6) is 11.5 Å². The van der Waals surface area contributed by atoms with Crippen LogP contribution < -0.4 is 10.2 Å². The summed E-state index contributed by atoms with van der Waals surface area (Å²) >= 11 is 5.85. The van der Waals surface area contributed by atoms with E-state index in [1.165, 1.54) is 12.3 Å². The van der Waals surface area contributed by atoms with Gasteiger partial charge in [0, 0.05) is 5.02 Å². The van der Waals surface area contributed by atoms with Gasteiger partial charge < -0.3 is 9.84 Å². The van der Waals surface area contributed by atoms with Crippen molar-refractivity contribution < 1.29 is 14.6 Å². The lowest BCUT2D eigenvalue weighted by molar-refractivity contribution is -0.127. The molecule has 0 spiro atoms. The van der Waals surface area contributed by atoms with Crippen molar-refractivity contribution in [2.45, 2.75) is 13.0 Å². The fourth-order valence-corrected chi connectivity index (χ4v) is 1.84. The van der Waals surface area contributed by atoms with Crippen molar-refractivity contribution in [3.8, 4) is 11.5 Å². The van der Waals surface area contributed by atoms with Gasteiger partial charge in [-0.1, -0.05) is 29.8 Å². The van der Waals surface area contributed by atoms with Crippen molar-refractivity contribution >= 4 is 23.7 Å². The van der Waals surface area contributed by atoms with E-state index in [0.717, 1.165) is 0 Å². The molecule has 2 aromatic rings. The minimum Gasteiger partial charge on any atom is -0.508 e. The topological polar surface area (TPSA) is 70.9 Å². The standard InChI is InChI=1S/C16H15ClN2O3/c1-11(22-15-7-3-5-13(17)9-15)16(21)19-18-10-12-4-2-6-14(20)8-12/h2-11,20H,1H3,(H,19,21)/b18-10+. The van der Waals surface area contributed by atoms with Crippen LogP contribution in [0.2, 0.25) is 5.02 Å². The van der Waals surface area contributed by atoms with Gasteiger partial charge in [-0.3, -0.25) is 4.79 Å². The van der Waals surface area contributed by atoms with Gasteiger partial charge in [-0.15, -0.1) is 0 Å². The number of amides is 1. The SMILES string of the molecule is CC(Oc1cccc(Cl)c1)C(=O)N/N=C/c1cccc(O)c1. The molecular weight excluding hydrogens is 304 g/mol. The number of hydrogen-bond donors (Lipinski definition) is 2. The summed E-state index contributed by atoms with van der Waals surface area (Å²) in [6.07, 6.45) is 0.712. The third-order valence-electron chi connectivity index (χ3n) is 2.74. The zero-order valence-electron chi connectivity index (χ0n) is 11.9. The molecule has 2 rings (SSSR count). The van der Waals surface area contributed by atoms with Crippen LogP contribution in [0.3, 0.4) is 0 Å². The second-order valence-corrected chi connectivity index (χ2v) is 4.98. The van der Waals surface area contributed by atoms with E-state index in [1.807, 2.05) is 0 Å². The van der Waals surface area contributed by atoms with Crippen LogP contribution in [-0.4, -0.2) is 23.3 Å². The van der Waals surface area contributed by atoms with Crippen molar-refractivity contribution in [2.24, 2.45) is 5.10 Å². The first-order valence-corrected chi connectivity index (χ1v) is 6.96. The summed E-state index contributed by atoms with van der Waals surface area (Å²) < 4.78 is 5.47. The molecule has 0 saturated carbocycles. The lowest BCUT2D eigenvalue weighted by Gasteiger charge is -2.12. The molecule has 0 radical (unpaired) electrons. The van der Waals surface area contributed by atoms with Crippen molar-refractivity contribution in [2.75, 3.05) is 0 Å². The number of carbonyl (C=O) groups is 1. The minimum absolute atomic E-state index is 0.132. The highest BCUT2D eigenvalue weighted by Gasteiger charge is 2.13. The van der Waals surface area contributed by atoms with Crippen molar-refractivity contribution in [1.29, 1.82) is 0 Å². The quantitative estimate of drug-likeness (QED) is 0.657. The Morgan fingerprint density at radius 1 is 1.32 bits per heavy atom. The van der Waals surface area contributed by atoms with Gasteiger partial charge in [0.05, 0.1) is 6.21 Å². The van der Waals surface area contributed by atoms with E-state index in [9.17, 15) is 9.90 Å². The Balaban J connectivity index is 1.89. The first-order chi connectivity index (χ1) is 10.5. The van der Waals surface area contributed by atoms with Crippen molar-refractivity contribution in [3.63, 3.8) is 0 Å². The number of halogens is 1. The zero-order chi connectivity index (χ0) is 15.9. The Bertz CT molecular complexity index is 689. The molecule has 0 aliphatic heterocycles. The van der Waals surface area contributed by atoms with E-state index in [1.54, 1.807) is 49.4 Å². The van der Waals surface area contributed by atoms with Gasteiger partial charge in [0.2, 0.25) is 0 Å². The molecule has 6 heteroatoms. The Hall–Kier alpha value is -2.53. The second kappa shape index (κ2) is 7.47. The fraction of sp³-hybridized carbons (Fsp3) is 0.125. The van der Waals surface area contributed by atoms with Gasteiger partial charge in [0.25, 0.3) is 5.91 Å². The van der Waals surface area contributed by atoms with Crippen molar-refractivity contribution in [1.82, 2.24) is 5.43 Å². The van der Waals surface area contributed by atoms with E-state index in [2.05, 4.69) is 10.5 Å². The maximum atomic E-state index is 11.9. The van der Waals surface area contributed by atoms with Crippen LogP contribution in [0.1, 0.15) is 12.5 Å². The van der Waals surface area contributed by atoms with E-state index in [4.69, 9.17) is 16.3 Å². The predicted molar refractivity (Wildman–Crippen MR) is 85.4 cm³/mol. The molecule has 0 saturated heterocycles. The van der Waals surface area contributed by atoms with E-state index in [-0.39, 0.29) is 5.75 Å². The van der Waals surface area contributed by atoms with Gasteiger partial charge in [-0.05, 0) is 42.8 Å². The fourth-order valence-electron chi connectivity index (χ4n) is 1.66. The van der Waals surface area contributed by atoms with E-state index in [0.29, 0.717) is 16.3 Å². The molecule has 2 aromatic carbocycles. The largest absolute Gasteiger partial charge is 0.508 e. The number of hydrogen-bond acceptors (Lipinski definition) is 4. The maximum Gasteiger partial charge on any atom is 0.280 e. The Morgan fingerprint density at radius 2 is 2.09 bits per heavy atom. The first kappa shape index (κ1) is 15.9. The number of aromatic hydroxyl groups is 1. The number of phenols is 1. The molecule has 22 heavy (non-hydrogen) atoms. The van der Waals surface area contributed by atoms with Gasteiger partial charge in [-0.2, -0.15) is 5.10 Å². The van der Waals surface area contributed by atoms with Crippen LogP contribution >= 0.6 is 11.6 Å². The molecule has 1 amide bonds. The van der Waals surface area contributed by atoms with Crippen LogP contribution in [0.15, 0.2) is 53.6 Å². The molecule has 114 valence electrons. The average Bonchev–Trinajstić information content (AvgIpc) is 2.47. The summed E-state index contributed by atoms with van der Waals surface area (Å²) in [5.74, 6) is 0.247. The summed E-state index contributed by atoms with van der Waals surface area (Å²) in [7, 11) is 0. The molecule has 5 nitrogen and oxygen atoms in total. The molecule has 0 heterocycles. The number of ether oxygens (including phenoxy) is 1. The van der Waals surface area contributed by atoms with Gasteiger partial charge in [-0.25, -0.2) is 5.43 Å². The molecule has 2 N–H and O–H groups in total. The number of nitrogens with one attached hydrogen (secondary N) is 1. The lowest BCUT2D eigenvalue weighted by atomic mass is 10.2. The second-order valence-electron chi connectivity index (χ2n) is 4.55. The van der Waals surface area contributed by atoms with Crippen LogP contribution in [0.25, 0.3) is 0 Å². The number of phenolic OH excluding ortho intramolecular Hbond substituents is 1. The van der Waals surface area contributed by atoms with Crippen LogP contribution in [0, 0.1) is 0 Å². The van der Waals surface area contributed by atoms with Gasteiger partial charge in [0.15, 0.2) is 6.10 Å². The minimum atomic E-state index is -0.722. The van der Waals surface area contributed by atoms with Gasteiger partial charge in [0.1, 0.15) is 11.5 Å². The Kier molecular flexibility index (Phi) is 5.38. The number of rotatable bonds is 5. The molecule has 1 unspecified atom stereocenters. The van der Waals surface area contributed by atoms with Gasteiger partial charge >= 0.3 is 0 Å². The molecule has 0 aromatic heterocycles. The highest BCUT2D eigenvalue weighted by Crippen LogP contribution is 2.18. The monoisotopic (exact) mass is 318 g/mol. The molecule has 0 bridgehead atoms. The molecule has 0 aliphatic rings. The molecule has 0 aliphatic carbocycles. The van der Waals surface area contributed by atoms with Crippen molar-refractivity contribution in [3.05, 3.63) is 59.1 Å². The van der Waals surface area contributed by atoms with E-state index >= 15 is 0 Å². The average molecular weight is 319 g/mol. The predicted octanol–water partition coefficient (Wildman–Crippen LogP) is 2.96. The highest BCUT2D eigenvalue weighted by atomic mass is 35.5. The van der Waals surface area contributed by atoms with Crippen LogP contribution in [-0.2, 0) is 4.79 Å². The molecule has 1 atom stereocenters. The Morgan fingerprint density at radius 3 is 2.82 bits per heavy atom. The third kappa shape index (κ3) is 4.79. The zero-order valence-corrected chi connectivity index (χ0v) is 12.6. The third-order valence-corrected chi connectivity index (χ3v) is 2.97. The highest BCUT2D eigenvalue weighted by molar-refractivity contribution is 6.30. The van der Waals surface area contributed by atoms with E-state index < -0.39 is 12.0 Å².